The highest BCUT2D eigenvalue weighted by molar-refractivity contribution is 5.99. The molecule has 6 nitrogen and oxygen atoms in total. The van der Waals surface area contributed by atoms with E-state index in [1.54, 1.807) is 0 Å². The van der Waals surface area contributed by atoms with Gasteiger partial charge in [0, 0.05) is 12.1 Å². The topological polar surface area (TPSA) is 77.0 Å². The summed E-state index contributed by atoms with van der Waals surface area (Å²) in [7, 11) is 1.40. The number of hydrogen-bond acceptors (Lipinski definition) is 5. The van der Waals surface area contributed by atoms with Gasteiger partial charge in [-0.2, -0.15) is 0 Å². The molecule has 0 spiro atoms. The van der Waals surface area contributed by atoms with Gasteiger partial charge in [-0.15, -0.1) is 0 Å². The Balaban J connectivity index is 1.31. The molecule has 0 saturated heterocycles. The van der Waals surface area contributed by atoms with Crippen molar-refractivity contribution < 1.29 is 19.1 Å². The Bertz CT molecular complexity index is 1060. The molecule has 1 aliphatic heterocycles. The number of methoxy groups -OCH3 is 1. The summed E-state index contributed by atoms with van der Waals surface area (Å²) in [5, 5.41) is 3.05. The molecule has 192 valence electrons. The average molecular weight is 491 g/mol. The molecule has 6 heteroatoms. The monoisotopic (exact) mass is 490 g/mol. The summed E-state index contributed by atoms with van der Waals surface area (Å²) in [4.78, 5) is 28.9. The third kappa shape index (κ3) is 7.42. The van der Waals surface area contributed by atoms with Crippen LogP contribution < -0.4 is 5.32 Å². The highest BCUT2D eigenvalue weighted by atomic mass is 16.5. The molecule has 2 aromatic carbocycles. The lowest BCUT2D eigenvalue weighted by Gasteiger charge is -2.21. The van der Waals surface area contributed by atoms with E-state index >= 15 is 0 Å². The van der Waals surface area contributed by atoms with E-state index in [2.05, 4.69) is 10.3 Å². The van der Waals surface area contributed by atoms with E-state index in [-0.39, 0.29) is 24.9 Å². The maximum absolute atomic E-state index is 12.7. The number of carbonyl (C=O) groups excluding carboxylic acids is 2. The van der Waals surface area contributed by atoms with Gasteiger partial charge in [0.25, 0.3) is 0 Å². The Morgan fingerprint density at radius 3 is 2.67 bits per heavy atom. The lowest BCUT2D eigenvalue weighted by atomic mass is 9.86. The number of nitrogens with one attached hydrogen (secondary N) is 1. The smallest absolute Gasteiger partial charge is 0.309 e. The van der Waals surface area contributed by atoms with Crippen molar-refractivity contribution in [2.75, 3.05) is 20.3 Å². The maximum Gasteiger partial charge on any atom is 0.309 e. The van der Waals surface area contributed by atoms with E-state index in [0.717, 1.165) is 34.6 Å². The van der Waals surface area contributed by atoms with Crippen molar-refractivity contribution in [2.45, 2.75) is 70.3 Å². The van der Waals surface area contributed by atoms with Crippen LogP contribution in [-0.2, 0) is 31.9 Å². The van der Waals surface area contributed by atoms with Crippen molar-refractivity contribution >= 4 is 17.8 Å². The highest BCUT2D eigenvalue weighted by Gasteiger charge is 2.27. The molecule has 1 aliphatic carbocycles. The average Bonchev–Trinajstić information content (AvgIpc) is 3.40. The standard InChI is InChI=1S/C30H38N2O4/c1-35-28(33)20-24-14-9-13-23(18-24)19-25-15-5-6-16-26(25)30-32-27(21-36-30)29(34)31-17-8-7-12-22-10-3-2-4-11-22/h5-6,9,13-16,18,22,27H,2-4,7-8,10-12,17,19-21H2,1H3,(H,31,34). The van der Waals surface area contributed by atoms with Crippen LogP contribution in [0.25, 0.3) is 0 Å². The summed E-state index contributed by atoms with van der Waals surface area (Å²) in [6, 6.07) is 15.4. The van der Waals surface area contributed by atoms with Gasteiger partial charge in [-0.1, -0.05) is 87.4 Å². The zero-order valence-corrected chi connectivity index (χ0v) is 21.3. The van der Waals surface area contributed by atoms with E-state index in [1.165, 1.54) is 52.1 Å². The molecule has 1 atom stereocenters. The van der Waals surface area contributed by atoms with Crippen LogP contribution >= 0.6 is 0 Å². The summed E-state index contributed by atoms with van der Waals surface area (Å²) in [6.45, 7) is 0.970. The van der Waals surface area contributed by atoms with Gasteiger partial charge in [-0.25, -0.2) is 4.99 Å². The first-order chi connectivity index (χ1) is 17.6. The lowest BCUT2D eigenvalue weighted by molar-refractivity contribution is -0.139. The number of esters is 1. The minimum absolute atomic E-state index is 0.0596. The molecule has 1 heterocycles. The second kappa shape index (κ2) is 13.2. The van der Waals surface area contributed by atoms with Gasteiger partial charge >= 0.3 is 5.97 Å². The molecule has 0 aromatic heterocycles. The van der Waals surface area contributed by atoms with Crippen molar-refractivity contribution in [3.8, 4) is 0 Å². The third-order valence-electron chi connectivity index (χ3n) is 7.23. The molecule has 1 N–H and O–H groups in total. The van der Waals surface area contributed by atoms with Crippen molar-refractivity contribution in [3.05, 3.63) is 70.8 Å². The van der Waals surface area contributed by atoms with Crippen LogP contribution in [0.3, 0.4) is 0 Å². The summed E-state index contributed by atoms with van der Waals surface area (Å²) >= 11 is 0. The number of hydrogen-bond donors (Lipinski definition) is 1. The molecule has 2 aliphatic rings. The number of carbonyl (C=O) groups is 2. The summed E-state index contributed by atoms with van der Waals surface area (Å²) in [5.41, 5.74) is 3.97. The first-order valence-corrected chi connectivity index (χ1v) is 13.3. The summed E-state index contributed by atoms with van der Waals surface area (Å²) in [5.74, 6) is 1.10. The van der Waals surface area contributed by atoms with Gasteiger partial charge in [0.2, 0.25) is 11.8 Å². The Morgan fingerprint density at radius 1 is 1.03 bits per heavy atom. The molecule has 1 saturated carbocycles. The predicted octanol–water partition coefficient (Wildman–Crippen LogP) is 5.01. The normalized spacial score (nSPS) is 17.8. The second-order valence-corrected chi connectivity index (χ2v) is 9.96. The number of unbranched alkanes of at least 4 members (excludes halogenated alkanes) is 1. The van der Waals surface area contributed by atoms with Gasteiger partial charge in [-0.05, 0) is 41.5 Å². The Hall–Kier alpha value is -3.15. The largest absolute Gasteiger partial charge is 0.475 e. The van der Waals surface area contributed by atoms with Gasteiger partial charge in [0.05, 0.1) is 13.5 Å². The maximum atomic E-state index is 12.7. The molecule has 0 bridgehead atoms. The number of rotatable bonds is 11. The molecule has 4 rings (SSSR count). The van der Waals surface area contributed by atoms with E-state index < -0.39 is 6.04 Å². The van der Waals surface area contributed by atoms with Crippen LogP contribution in [0.4, 0.5) is 0 Å². The first-order valence-electron chi connectivity index (χ1n) is 13.3. The number of ether oxygens (including phenoxy) is 2. The fraction of sp³-hybridized carbons (Fsp3) is 0.500. The van der Waals surface area contributed by atoms with E-state index in [4.69, 9.17) is 9.47 Å². The predicted molar refractivity (Wildman–Crippen MR) is 141 cm³/mol. The van der Waals surface area contributed by atoms with Crippen LogP contribution in [0, 0.1) is 5.92 Å². The number of aliphatic imine (C=N–C) groups is 1. The number of nitrogens with zero attached hydrogens (tertiary/aromatic N) is 1. The van der Waals surface area contributed by atoms with Crippen molar-refractivity contribution in [1.29, 1.82) is 0 Å². The summed E-state index contributed by atoms with van der Waals surface area (Å²) < 4.78 is 10.7. The molecule has 1 amide bonds. The van der Waals surface area contributed by atoms with Crippen LogP contribution in [0.5, 0.6) is 0 Å². The van der Waals surface area contributed by atoms with E-state index in [1.807, 2.05) is 48.5 Å². The molecule has 1 unspecified atom stereocenters. The molecule has 1 fully saturated rings. The number of benzene rings is 2. The second-order valence-electron chi connectivity index (χ2n) is 9.96. The fourth-order valence-corrected chi connectivity index (χ4v) is 5.21. The summed E-state index contributed by atoms with van der Waals surface area (Å²) in [6.07, 6.45) is 11.3. The van der Waals surface area contributed by atoms with Gasteiger partial charge in [0.15, 0.2) is 6.04 Å². The molecule has 0 radical (unpaired) electrons. The third-order valence-corrected chi connectivity index (χ3v) is 7.23. The van der Waals surface area contributed by atoms with Crippen molar-refractivity contribution in [2.24, 2.45) is 10.9 Å². The van der Waals surface area contributed by atoms with Crippen molar-refractivity contribution in [3.63, 3.8) is 0 Å². The molecule has 2 aromatic rings. The van der Waals surface area contributed by atoms with E-state index in [0.29, 0.717) is 18.9 Å². The minimum Gasteiger partial charge on any atom is -0.475 e. The van der Waals surface area contributed by atoms with Crippen LogP contribution in [-0.4, -0.2) is 44.1 Å². The zero-order chi connectivity index (χ0) is 25.2. The van der Waals surface area contributed by atoms with Crippen LogP contribution in [0.15, 0.2) is 53.5 Å². The number of amides is 1. The fourth-order valence-electron chi connectivity index (χ4n) is 5.21. The highest BCUT2D eigenvalue weighted by Crippen LogP contribution is 2.27. The van der Waals surface area contributed by atoms with Crippen LogP contribution in [0.2, 0.25) is 0 Å². The molecular weight excluding hydrogens is 452 g/mol. The quantitative estimate of drug-likeness (QED) is 0.355. The van der Waals surface area contributed by atoms with Crippen LogP contribution in [0.1, 0.15) is 73.6 Å². The minimum atomic E-state index is -0.505. The lowest BCUT2D eigenvalue weighted by Crippen LogP contribution is -2.34. The first kappa shape index (κ1) is 25.9. The molecule has 36 heavy (non-hydrogen) atoms. The van der Waals surface area contributed by atoms with Crippen molar-refractivity contribution in [1.82, 2.24) is 5.32 Å². The Labute approximate surface area is 214 Å². The Morgan fingerprint density at radius 2 is 1.83 bits per heavy atom. The van der Waals surface area contributed by atoms with Gasteiger partial charge < -0.3 is 14.8 Å². The Kier molecular flexibility index (Phi) is 9.54. The van der Waals surface area contributed by atoms with Gasteiger partial charge in [0.1, 0.15) is 6.61 Å². The van der Waals surface area contributed by atoms with Gasteiger partial charge in [-0.3, -0.25) is 9.59 Å². The van der Waals surface area contributed by atoms with E-state index in [9.17, 15) is 9.59 Å². The zero-order valence-electron chi connectivity index (χ0n) is 21.3. The molecular formula is C30H38N2O4. The SMILES string of the molecule is COC(=O)Cc1cccc(Cc2ccccc2C2=NC(C(=O)NCCCCC3CCCCC3)CO2)c1.